The predicted octanol–water partition coefficient (Wildman–Crippen LogP) is 2.76. The largest absolute Gasteiger partial charge is 0.444 e. The van der Waals surface area contributed by atoms with Gasteiger partial charge in [0, 0.05) is 5.69 Å². The van der Waals surface area contributed by atoms with Crippen molar-refractivity contribution in [3.05, 3.63) is 18.2 Å². The lowest BCUT2D eigenvalue weighted by Crippen LogP contribution is -2.27. The van der Waals surface area contributed by atoms with Crippen LogP contribution in [0.3, 0.4) is 0 Å². The average Bonchev–Trinajstić information content (AvgIpc) is 2.58. The number of rotatable bonds is 1. The minimum atomic E-state index is -0.583. The first-order chi connectivity index (χ1) is 8.35. The van der Waals surface area contributed by atoms with Crippen LogP contribution in [-0.2, 0) is 4.74 Å². The fraction of sp³-hybridized carbons (Fsp3) is 0.333. The van der Waals surface area contributed by atoms with Gasteiger partial charge >= 0.3 is 6.09 Å². The summed E-state index contributed by atoms with van der Waals surface area (Å²) in [5.41, 5.74) is 6.22. The number of aromatic nitrogens is 1. The van der Waals surface area contributed by atoms with Crippen LogP contribution in [0.1, 0.15) is 20.8 Å². The lowest BCUT2D eigenvalue weighted by atomic mass is 10.2. The van der Waals surface area contributed by atoms with E-state index < -0.39 is 11.7 Å². The second-order valence-electron chi connectivity index (χ2n) is 4.91. The van der Waals surface area contributed by atoms with Crippen LogP contribution in [0.5, 0.6) is 0 Å². The van der Waals surface area contributed by atoms with E-state index in [1.54, 1.807) is 39.0 Å². The Kier molecular flexibility index (Phi) is 2.86. The van der Waals surface area contributed by atoms with Gasteiger partial charge in [0.1, 0.15) is 5.60 Å². The lowest BCUT2D eigenvalue weighted by molar-refractivity contribution is 0.0635. The van der Waals surface area contributed by atoms with Crippen molar-refractivity contribution in [1.29, 1.82) is 0 Å². The molecule has 0 spiro atoms. The van der Waals surface area contributed by atoms with Gasteiger partial charge in [-0.3, -0.25) is 5.32 Å². The molecule has 0 fully saturated rings. The van der Waals surface area contributed by atoms with Crippen LogP contribution in [0.4, 0.5) is 16.3 Å². The Morgan fingerprint density at radius 3 is 2.83 bits per heavy atom. The van der Waals surface area contributed by atoms with E-state index >= 15 is 0 Å². The third-order valence-corrected chi connectivity index (χ3v) is 2.11. The van der Waals surface area contributed by atoms with Gasteiger partial charge in [-0.1, -0.05) is 5.16 Å². The molecule has 0 atom stereocenters. The van der Waals surface area contributed by atoms with Gasteiger partial charge in [0.25, 0.3) is 0 Å². The minimum Gasteiger partial charge on any atom is -0.444 e. The molecule has 2 rings (SSSR count). The highest BCUT2D eigenvalue weighted by atomic mass is 16.6. The van der Waals surface area contributed by atoms with E-state index in [1.165, 1.54) is 0 Å². The molecule has 6 heteroatoms. The molecular formula is C12H15N3O3. The topological polar surface area (TPSA) is 90.4 Å². The Hall–Kier alpha value is -2.24. The molecule has 0 radical (unpaired) electrons. The van der Waals surface area contributed by atoms with Crippen molar-refractivity contribution in [2.75, 3.05) is 11.1 Å². The number of nitrogens with two attached hydrogens (primary N) is 1. The zero-order chi connectivity index (χ0) is 13.3. The standard InChI is InChI=1S/C12H15N3O3/c1-12(2,3)17-11(16)14-10-8-6-7(13)4-5-9(8)18-15-10/h4-6H,13H2,1-3H3,(H,14,15,16). The van der Waals surface area contributed by atoms with E-state index in [1.807, 2.05) is 0 Å². The Morgan fingerprint density at radius 2 is 2.17 bits per heavy atom. The second kappa shape index (κ2) is 4.21. The number of nitrogens with zero attached hydrogens (tertiary/aromatic N) is 1. The fourth-order valence-electron chi connectivity index (χ4n) is 1.45. The van der Waals surface area contributed by atoms with Crippen LogP contribution in [0.15, 0.2) is 22.7 Å². The van der Waals surface area contributed by atoms with Crippen LogP contribution < -0.4 is 11.1 Å². The molecular weight excluding hydrogens is 234 g/mol. The molecule has 18 heavy (non-hydrogen) atoms. The van der Waals surface area contributed by atoms with Gasteiger partial charge in [-0.25, -0.2) is 4.79 Å². The van der Waals surface area contributed by atoms with Crippen molar-refractivity contribution >= 4 is 28.6 Å². The number of carbonyl (C=O) groups is 1. The highest BCUT2D eigenvalue weighted by molar-refractivity contribution is 5.97. The van der Waals surface area contributed by atoms with E-state index in [0.29, 0.717) is 22.5 Å². The number of hydrogen-bond acceptors (Lipinski definition) is 5. The van der Waals surface area contributed by atoms with Crippen molar-refractivity contribution in [2.45, 2.75) is 26.4 Å². The summed E-state index contributed by atoms with van der Waals surface area (Å²) in [4.78, 5) is 11.6. The van der Waals surface area contributed by atoms with E-state index in [-0.39, 0.29) is 0 Å². The molecule has 3 N–H and O–H groups in total. The first-order valence-corrected chi connectivity index (χ1v) is 5.50. The number of amides is 1. The number of nitrogens with one attached hydrogen (secondary N) is 1. The summed E-state index contributed by atoms with van der Waals surface area (Å²) in [6, 6.07) is 5.07. The summed E-state index contributed by atoms with van der Waals surface area (Å²) in [6.07, 6.45) is -0.583. The minimum absolute atomic E-state index is 0.298. The van der Waals surface area contributed by atoms with Gasteiger partial charge < -0.3 is 15.0 Å². The second-order valence-corrected chi connectivity index (χ2v) is 4.91. The zero-order valence-electron chi connectivity index (χ0n) is 10.5. The highest BCUT2D eigenvalue weighted by Crippen LogP contribution is 2.25. The highest BCUT2D eigenvalue weighted by Gasteiger charge is 2.18. The quantitative estimate of drug-likeness (QED) is 0.758. The van der Waals surface area contributed by atoms with Gasteiger partial charge in [0.2, 0.25) is 0 Å². The summed E-state index contributed by atoms with van der Waals surface area (Å²) in [5, 5.41) is 6.93. The molecule has 0 aliphatic rings. The van der Waals surface area contributed by atoms with Crippen molar-refractivity contribution in [2.24, 2.45) is 0 Å². The summed E-state index contributed by atoms with van der Waals surface area (Å²) in [6.45, 7) is 5.35. The van der Waals surface area contributed by atoms with Crippen LogP contribution in [0.2, 0.25) is 0 Å². The van der Waals surface area contributed by atoms with E-state index in [4.69, 9.17) is 15.0 Å². The molecule has 2 aromatic rings. The molecule has 1 aromatic heterocycles. The maximum Gasteiger partial charge on any atom is 0.413 e. The smallest absolute Gasteiger partial charge is 0.413 e. The Labute approximate surface area is 104 Å². The molecule has 0 bridgehead atoms. The Bertz CT molecular complexity index is 584. The molecule has 0 aliphatic carbocycles. The third-order valence-electron chi connectivity index (χ3n) is 2.11. The lowest BCUT2D eigenvalue weighted by Gasteiger charge is -2.19. The molecule has 1 amide bonds. The van der Waals surface area contributed by atoms with Crippen LogP contribution >= 0.6 is 0 Å². The summed E-state index contributed by atoms with van der Waals surface area (Å²) >= 11 is 0. The molecule has 1 heterocycles. The van der Waals surface area contributed by atoms with Crippen molar-refractivity contribution < 1.29 is 14.1 Å². The molecule has 0 aliphatic heterocycles. The van der Waals surface area contributed by atoms with Crippen molar-refractivity contribution in [3.63, 3.8) is 0 Å². The molecule has 6 nitrogen and oxygen atoms in total. The van der Waals surface area contributed by atoms with Crippen LogP contribution in [-0.4, -0.2) is 16.9 Å². The van der Waals surface area contributed by atoms with Crippen LogP contribution in [0.25, 0.3) is 11.0 Å². The summed E-state index contributed by atoms with van der Waals surface area (Å²) < 4.78 is 10.2. The monoisotopic (exact) mass is 249 g/mol. The van der Waals surface area contributed by atoms with Gasteiger partial charge in [0.05, 0.1) is 5.39 Å². The van der Waals surface area contributed by atoms with Gasteiger partial charge in [-0.05, 0) is 39.0 Å². The summed E-state index contributed by atoms with van der Waals surface area (Å²) in [7, 11) is 0. The average molecular weight is 249 g/mol. The first kappa shape index (κ1) is 12.2. The number of benzene rings is 1. The first-order valence-electron chi connectivity index (χ1n) is 5.50. The Morgan fingerprint density at radius 1 is 1.44 bits per heavy atom. The zero-order valence-corrected chi connectivity index (χ0v) is 10.5. The maximum absolute atomic E-state index is 11.6. The molecule has 0 unspecified atom stereocenters. The number of anilines is 2. The predicted molar refractivity (Wildman–Crippen MR) is 68.3 cm³/mol. The van der Waals surface area contributed by atoms with E-state index in [0.717, 1.165) is 0 Å². The van der Waals surface area contributed by atoms with E-state index in [2.05, 4.69) is 10.5 Å². The number of nitrogen functional groups attached to an aromatic ring is 1. The normalized spacial score (nSPS) is 11.5. The van der Waals surface area contributed by atoms with Crippen molar-refractivity contribution in [1.82, 2.24) is 5.16 Å². The SMILES string of the molecule is CC(C)(C)OC(=O)Nc1noc2ccc(N)cc12. The number of fused-ring (bicyclic) bond motifs is 1. The van der Waals surface area contributed by atoms with Gasteiger partial charge in [-0.2, -0.15) is 0 Å². The van der Waals surface area contributed by atoms with Crippen molar-refractivity contribution in [3.8, 4) is 0 Å². The third kappa shape index (κ3) is 2.71. The number of hydrogen-bond donors (Lipinski definition) is 2. The van der Waals surface area contributed by atoms with Gasteiger partial charge in [-0.15, -0.1) is 0 Å². The molecule has 0 saturated carbocycles. The molecule has 96 valence electrons. The number of ether oxygens (including phenoxy) is 1. The number of carbonyl (C=O) groups excluding carboxylic acids is 1. The fourth-order valence-corrected chi connectivity index (χ4v) is 1.45. The van der Waals surface area contributed by atoms with E-state index in [9.17, 15) is 4.79 Å². The van der Waals surface area contributed by atoms with Gasteiger partial charge in [0.15, 0.2) is 11.4 Å². The maximum atomic E-state index is 11.6. The summed E-state index contributed by atoms with van der Waals surface area (Å²) in [5.74, 6) is 0.298. The van der Waals surface area contributed by atoms with Crippen LogP contribution in [0, 0.1) is 0 Å². The molecule has 0 saturated heterocycles. The Balaban J connectivity index is 2.22. The molecule has 1 aromatic carbocycles.